The van der Waals surface area contributed by atoms with Gasteiger partial charge in [-0.2, -0.15) is 0 Å². The molecule has 3 rings (SSSR count). The third-order valence-electron chi connectivity index (χ3n) is 4.01. The molecule has 3 aliphatic rings. The quantitative estimate of drug-likeness (QED) is 0.601. The van der Waals surface area contributed by atoms with Crippen LogP contribution in [0.1, 0.15) is 12.8 Å². The predicted molar refractivity (Wildman–Crippen MR) is 40.0 cm³/mol. The lowest BCUT2D eigenvalue weighted by Crippen LogP contribution is -2.26. The molecule has 11 heavy (non-hydrogen) atoms. The molecule has 1 saturated heterocycles. The lowest BCUT2D eigenvalue weighted by molar-refractivity contribution is 0.100. The first-order chi connectivity index (χ1) is 5.40. The van der Waals surface area contributed by atoms with Crippen LogP contribution in [0.3, 0.4) is 0 Å². The average molecular weight is 154 g/mol. The van der Waals surface area contributed by atoms with Crippen molar-refractivity contribution in [3.63, 3.8) is 0 Å². The number of hydrogen-bond acceptors (Lipinski definition) is 2. The molecule has 2 saturated carbocycles. The summed E-state index contributed by atoms with van der Waals surface area (Å²) in [6.45, 7) is 1.32. The third-order valence-corrected chi connectivity index (χ3v) is 4.01. The van der Waals surface area contributed by atoms with Gasteiger partial charge in [0.15, 0.2) is 0 Å². The highest BCUT2D eigenvalue weighted by molar-refractivity contribution is 5.04. The fraction of sp³-hybridized carbons (Fsp3) is 1.00. The van der Waals surface area contributed by atoms with Crippen molar-refractivity contribution in [2.45, 2.75) is 18.9 Å². The largest absolute Gasteiger partial charge is 0.396 e. The first-order valence-corrected chi connectivity index (χ1v) is 4.62. The van der Waals surface area contributed by atoms with Gasteiger partial charge in [0.1, 0.15) is 0 Å². The number of rotatable bonds is 1. The van der Waals surface area contributed by atoms with Crippen molar-refractivity contribution in [1.82, 2.24) is 0 Å². The van der Waals surface area contributed by atoms with Crippen molar-refractivity contribution in [3.05, 3.63) is 0 Å². The Hall–Kier alpha value is -0.0800. The van der Waals surface area contributed by atoms with Crippen molar-refractivity contribution in [3.8, 4) is 0 Å². The molecule has 0 amide bonds. The molecule has 3 fully saturated rings. The van der Waals surface area contributed by atoms with E-state index < -0.39 is 0 Å². The SMILES string of the molecule is OC[C@H]1C2C[C@@H]3[C@H]1CO[C@@H]3C2. The minimum Gasteiger partial charge on any atom is -0.396 e. The standard InChI is InChI=1S/C9H14O2/c10-3-7-5-1-6-8(7)4-11-9(6)2-5/h5-10H,1-4H2/t5?,6-,7+,8-,9-/m1/s1. The zero-order chi connectivity index (χ0) is 7.42. The monoisotopic (exact) mass is 154 g/mol. The Bertz CT molecular complexity index is 178. The lowest BCUT2D eigenvalue weighted by Gasteiger charge is -2.24. The maximum Gasteiger partial charge on any atom is 0.0609 e. The Morgan fingerprint density at radius 1 is 1.27 bits per heavy atom. The molecule has 0 radical (unpaired) electrons. The van der Waals surface area contributed by atoms with Gasteiger partial charge in [0.25, 0.3) is 0 Å². The highest BCUT2D eigenvalue weighted by Gasteiger charge is 2.56. The van der Waals surface area contributed by atoms with Crippen LogP contribution < -0.4 is 0 Å². The molecule has 2 heteroatoms. The van der Waals surface area contributed by atoms with Crippen molar-refractivity contribution >= 4 is 0 Å². The van der Waals surface area contributed by atoms with Crippen molar-refractivity contribution in [1.29, 1.82) is 0 Å². The lowest BCUT2D eigenvalue weighted by atomic mass is 9.81. The van der Waals surface area contributed by atoms with Gasteiger partial charge in [-0.1, -0.05) is 0 Å². The smallest absolute Gasteiger partial charge is 0.0609 e. The highest BCUT2D eigenvalue weighted by atomic mass is 16.5. The second-order valence-corrected chi connectivity index (χ2v) is 4.28. The molecular weight excluding hydrogens is 140 g/mol. The second kappa shape index (κ2) is 1.99. The first-order valence-electron chi connectivity index (χ1n) is 4.62. The van der Waals surface area contributed by atoms with Crippen LogP contribution in [0.5, 0.6) is 0 Å². The van der Waals surface area contributed by atoms with E-state index in [0.29, 0.717) is 24.5 Å². The second-order valence-electron chi connectivity index (χ2n) is 4.28. The molecule has 2 aliphatic carbocycles. The van der Waals surface area contributed by atoms with Crippen LogP contribution >= 0.6 is 0 Å². The van der Waals surface area contributed by atoms with Crippen LogP contribution in [-0.2, 0) is 4.74 Å². The predicted octanol–water partition coefficient (Wildman–Crippen LogP) is 0.650. The summed E-state index contributed by atoms with van der Waals surface area (Å²) in [4.78, 5) is 0. The van der Waals surface area contributed by atoms with Gasteiger partial charge in [-0.3, -0.25) is 0 Å². The van der Waals surface area contributed by atoms with E-state index in [0.717, 1.165) is 18.4 Å². The molecule has 62 valence electrons. The summed E-state index contributed by atoms with van der Waals surface area (Å²) in [6.07, 6.45) is 3.14. The fourth-order valence-electron chi connectivity index (χ4n) is 3.50. The number of aliphatic hydroxyl groups is 1. The topological polar surface area (TPSA) is 29.5 Å². The number of aliphatic hydroxyl groups excluding tert-OH is 1. The summed E-state index contributed by atoms with van der Waals surface area (Å²) < 4.78 is 5.65. The van der Waals surface area contributed by atoms with Gasteiger partial charge in [-0.05, 0) is 36.5 Å². The fourth-order valence-corrected chi connectivity index (χ4v) is 3.50. The maximum absolute atomic E-state index is 9.15. The van der Waals surface area contributed by atoms with E-state index in [1.165, 1.54) is 12.8 Å². The minimum atomic E-state index is 0.391. The van der Waals surface area contributed by atoms with E-state index in [-0.39, 0.29) is 0 Å². The van der Waals surface area contributed by atoms with E-state index in [2.05, 4.69) is 0 Å². The summed E-state index contributed by atoms with van der Waals surface area (Å²) >= 11 is 0. The average Bonchev–Trinajstić information content (AvgIpc) is 2.55. The van der Waals surface area contributed by atoms with Crippen LogP contribution in [-0.4, -0.2) is 24.4 Å². The molecule has 0 aromatic rings. The van der Waals surface area contributed by atoms with Crippen LogP contribution in [0.25, 0.3) is 0 Å². The van der Waals surface area contributed by atoms with Crippen LogP contribution in [0.15, 0.2) is 0 Å². The van der Waals surface area contributed by atoms with E-state index in [1.807, 2.05) is 0 Å². The molecule has 1 unspecified atom stereocenters. The van der Waals surface area contributed by atoms with Gasteiger partial charge in [-0.25, -0.2) is 0 Å². The number of fused-ring (bicyclic) bond motifs is 1. The summed E-state index contributed by atoms with van der Waals surface area (Å²) in [5.41, 5.74) is 0. The zero-order valence-corrected chi connectivity index (χ0v) is 6.57. The Balaban J connectivity index is 1.92. The zero-order valence-electron chi connectivity index (χ0n) is 6.57. The molecular formula is C9H14O2. The maximum atomic E-state index is 9.15. The van der Waals surface area contributed by atoms with Crippen molar-refractivity contribution in [2.24, 2.45) is 23.7 Å². The normalized spacial score (nSPS) is 59.2. The van der Waals surface area contributed by atoms with Crippen molar-refractivity contribution in [2.75, 3.05) is 13.2 Å². The van der Waals surface area contributed by atoms with Gasteiger partial charge < -0.3 is 9.84 Å². The third kappa shape index (κ3) is 0.651. The Morgan fingerprint density at radius 2 is 2.18 bits per heavy atom. The Labute approximate surface area is 66.5 Å². The van der Waals surface area contributed by atoms with Gasteiger partial charge in [0, 0.05) is 6.61 Å². The molecule has 0 spiro atoms. The van der Waals surface area contributed by atoms with Crippen LogP contribution in [0, 0.1) is 23.7 Å². The molecule has 1 heterocycles. The van der Waals surface area contributed by atoms with Gasteiger partial charge in [0.05, 0.1) is 12.7 Å². The molecule has 1 aliphatic heterocycles. The van der Waals surface area contributed by atoms with E-state index in [9.17, 15) is 0 Å². The molecule has 2 nitrogen and oxygen atoms in total. The molecule has 0 aromatic heterocycles. The van der Waals surface area contributed by atoms with Crippen LogP contribution in [0.4, 0.5) is 0 Å². The highest BCUT2D eigenvalue weighted by Crippen LogP contribution is 2.56. The van der Waals surface area contributed by atoms with Gasteiger partial charge in [0.2, 0.25) is 0 Å². The Kier molecular flexibility index (Phi) is 1.16. The van der Waals surface area contributed by atoms with E-state index in [1.54, 1.807) is 0 Å². The number of ether oxygens (including phenoxy) is 1. The van der Waals surface area contributed by atoms with E-state index >= 15 is 0 Å². The molecule has 0 aromatic carbocycles. The Morgan fingerprint density at radius 3 is 3.00 bits per heavy atom. The first kappa shape index (κ1) is 6.44. The summed E-state index contributed by atoms with van der Waals surface area (Å²) in [5, 5.41) is 9.15. The molecule has 1 N–H and O–H groups in total. The van der Waals surface area contributed by atoms with Gasteiger partial charge >= 0.3 is 0 Å². The molecule has 2 bridgehead atoms. The summed E-state index contributed by atoms with van der Waals surface area (Å²) in [6, 6.07) is 0. The molecule has 5 atom stereocenters. The minimum absolute atomic E-state index is 0.391. The summed E-state index contributed by atoms with van der Waals surface area (Å²) in [5.74, 6) is 2.90. The van der Waals surface area contributed by atoms with E-state index in [4.69, 9.17) is 9.84 Å². The van der Waals surface area contributed by atoms with Crippen molar-refractivity contribution < 1.29 is 9.84 Å². The van der Waals surface area contributed by atoms with Gasteiger partial charge in [-0.15, -0.1) is 0 Å². The number of hydrogen-bond donors (Lipinski definition) is 1. The van der Waals surface area contributed by atoms with Crippen LogP contribution in [0.2, 0.25) is 0 Å². The summed E-state index contributed by atoms with van der Waals surface area (Å²) in [7, 11) is 0.